The Bertz CT molecular complexity index is 996. The fourth-order valence-electron chi connectivity index (χ4n) is 3.17. The summed E-state index contributed by atoms with van der Waals surface area (Å²) in [6.07, 6.45) is 4.98. The van der Waals surface area contributed by atoms with Crippen LogP contribution in [-0.2, 0) is 17.6 Å². The van der Waals surface area contributed by atoms with E-state index in [1.54, 1.807) is 41.9 Å². The highest BCUT2D eigenvalue weighted by atomic mass is 32.2. The number of anilines is 1. The van der Waals surface area contributed by atoms with Gasteiger partial charge in [0.25, 0.3) is 0 Å². The fourth-order valence-corrected chi connectivity index (χ4v) is 5.38. The zero-order valence-corrected chi connectivity index (χ0v) is 15.9. The van der Waals surface area contributed by atoms with Gasteiger partial charge < -0.3 is 5.32 Å². The number of ketones is 1. The van der Waals surface area contributed by atoms with Crippen molar-refractivity contribution in [3.8, 4) is 0 Å². The first-order chi connectivity index (χ1) is 12.6. The van der Waals surface area contributed by atoms with E-state index in [2.05, 4.69) is 15.3 Å². The van der Waals surface area contributed by atoms with Crippen molar-refractivity contribution >= 4 is 50.7 Å². The third kappa shape index (κ3) is 3.37. The van der Waals surface area contributed by atoms with Crippen molar-refractivity contribution in [2.75, 3.05) is 11.1 Å². The van der Waals surface area contributed by atoms with Crippen molar-refractivity contribution < 1.29 is 9.59 Å². The molecule has 4 rings (SSSR count). The molecular weight excluding hydrogens is 366 g/mol. The SMILES string of the molecule is CC(=O)Nc1ccc(C(=O)CSc2ncnc3sc4c(c23)CCC4)cc1. The van der Waals surface area contributed by atoms with Crippen molar-refractivity contribution in [3.63, 3.8) is 0 Å². The lowest BCUT2D eigenvalue weighted by atomic mass is 10.1. The quantitative estimate of drug-likeness (QED) is 0.408. The molecule has 1 N–H and O–H groups in total. The van der Waals surface area contributed by atoms with Crippen molar-refractivity contribution in [1.82, 2.24) is 9.97 Å². The summed E-state index contributed by atoms with van der Waals surface area (Å²) in [5.74, 6) is 0.245. The molecule has 1 amide bonds. The number of rotatable bonds is 5. The molecule has 0 saturated carbocycles. The van der Waals surface area contributed by atoms with Crippen LogP contribution < -0.4 is 5.32 Å². The summed E-state index contributed by atoms with van der Waals surface area (Å²) in [5.41, 5.74) is 2.70. The molecule has 2 heterocycles. The maximum absolute atomic E-state index is 12.5. The molecule has 5 nitrogen and oxygen atoms in total. The standard InChI is InChI=1S/C19H17N3O2S2/c1-11(23)22-13-7-5-12(6-8-13)15(24)9-25-18-17-14-3-2-4-16(14)26-19(17)21-10-20-18/h5-8,10H,2-4,9H2,1H3,(H,22,23). The average molecular weight is 383 g/mol. The Morgan fingerprint density at radius 1 is 1.19 bits per heavy atom. The van der Waals surface area contributed by atoms with Crippen LogP contribution in [0.1, 0.15) is 34.1 Å². The summed E-state index contributed by atoms with van der Waals surface area (Å²) in [5, 5.41) is 4.74. The van der Waals surface area contributed by atoms with Gasteiger partial charge in [0, 0.05) is 28.4 Å². The number of nitrogens with one attached hydrogen (secondary N) is 1. The molecular formula is C19H17N3O2S2. The van der Waals surface area contributed by atoms with Gasteiger partial charge in [-0.2, -0.15) is 0 Å². The van der Waals surface area contributed by atoms with E-state index in [1.807, 2.05) is 0 Å². The van der Waals surface area contributed by atoms with E-state index in [1.165, 1.54) is 35.5 Å². The number of amides is 1. The highest BCUT2D eigenvalue weighted by Crippen LogP contribution is 2.40. The number of Topliss-reactive ketones (excluding diaryl/α,β-unsaturated/α-hetero) is 1. The van der Waals surface area contributed by atoms with Crippen LogP contribution in [0.2, 0.25) is 0 Å². The summed E-state index contributed by atoms with van der Waals surface area (Å²) in [4.78, 5) is 34.8. The molecule has 3 aromatic rings. The molecule has 26 heavy (non-hydrogen) atoms. The van der Waals surface area contributed by atoms with E-state index < -0.39 is 0 Å². The Morgan fingerprint density at radius 2 is 2.00 bits per heavy atom. The van der Waals surface area contributed by atoms with Crippen molar-refractivity contribution in [2.24, 2.45) is 0 Å². The third-order valence-electron chi connectivity index (χ3n) is 4.33. The zero-order chi connectivity index (χ0) is 18.1. The predicted octanol–water partition coefficient (Wildman–Crippen LogP) is 4.11. The highest BCUT2D eigenvalue weighted by molar-refractivity contribution is 8.00. The van der Waals surface area contributed by atoms with E-state index in [0.717, 1.165) is 28.1 Å². The zero-order valence-electron chi connectivity index (χ0n) is 14.2. The number of thiophene rings is 1. The lowest BCUT2D eigenvalue weighted by Crippen LogP contribution is -2.07. The topological polar surface area (TPSA) is 72.0 Å². The van der Waals surface area contributed by atoms with E-state index in [4.69, 9.17) is 0 Å². The highest BCUT2D eigenvalue weighted by Gasteiger charge is 2.21. The number of carbonyl (C=O) groups is 2. The molecule has 1 aliphatic rings. The van der Waals surface area contributed by atoms with Crippen LogP contribution in [0.15, 0.2) is 35.6 Å². The molecule has 0 atom stereocenters. The Hall–Kier alpha value is -2.25. The Morgan fingerprint density at radius 3 is 2.77 bits per heavy atom. The normalized spacial score (nSPS) is 13.0. The predicted molar refractivity (Wildman–Crippen MR) is 105 cm³/mol. The molecule has 7 heteroatoms. The molecule has 0 aliphatic heterocycles. The minimum atomic E-state index is -0.129. The number of nitrogens with zero attached hydrogens (tertiary/aromatic N) is 2. The van der Waals surface area contributed by atoms with Gasteiger partial charge in [-0.1, -0.05) is 11.8 Å². The third-order valence-corrected chi connectivity index (χ3v) is 6.52. The fraction of sp³-hybridized carbons (Fsp3) is 0.263. The number of aryl methyl sites for hydroxylation is 2. The largest absolute Gasteiger partial charge is 0.326 e. The van der Waals surface area contributed by atoms with E-state index in [0.29, 0.717) is 17.0 Å². The maximum Gasteiger partial charge on any atom is 0.221 e. The van der Waals surface area contributed by atoms with Gasteiger partial charge in [-0.3, -0.25) is 9.59 Å². The lowest BCUT2D eigenvalue weighted by Gasteiger charge is -2.05. The molecule has 0 saturated heterocycles. The Balaban J connectivity index is 1.50. The van der Waals surface area contributed by atoms with Crippen LogP contribution in [-0.4, -0.2) is 27.4 Å². The second kappa shape index (κ2) is 7.17. The molecule has 1 aliphatic carbocycles. The number of hydrogen-bond donors (Lipinski definition) is 1. The number of benzene rings is 1. The maximum atomic E-state index is 12.5. The van der Waals surface area contributed by atoms with Crippen LogP contribution in [0.5, 0.6) is 0 Å². The van der Waals surface area contributed by atoms with Crippen LogP contribution >= 0.6 is 23.1 Å². The molecule has 0 bridgehead atoms. The molecule has 0 fully saturated rings. The second-order valence-electron chi connectivity index (χ2n) is 6.19. The first-order valence-corrected chi connectivity index (χ1v) is 10.2. The average Bonchev–Trinajstić information content (AvgIpc) is 3.20. The Kier molecular flexibility index (Phi) is 4.74. The molecule has 132 valence electrons. The van der Waals surface area contributed by atoms with Crippen molar-refractivity contribution in [1.29, 1.82) is 0 Å². The number of carbonyl (C=O) groups excluding carboxylic acids is 2. The van der Waals surface area contributed by atoms with E-state index >= 15 is 0 Å². The van der Waals surface area contributed by atoms with Crippen LogP contribution in [0.4, 0.5) is 5.69 Å². The van der Waals surface area contributed by atoms with Gasteiger partial charge in [-0.15, -0.1) is 11.3 Å². The Labute approximate surface area is 159 Å². The van der Waals surface area contributed by atoms with E-state index in [-0.39, 0.29) is 11.7 Å². The molecule has 0 spiro atoms. The second-order valence-corrected chi connectivity index (χ2v) is 8.23. The number of aromatic nitrogens is 2. The summed E-state index contributed by atoms with van der Waals surface area (Å²) >= 11 is 3.23. The smallest absolute Gasteiger partial charge is 0.221 e. The minimum Gasteiger partial charge on any atom is -0.326 e. The molecule has 1 aromatic carbocycles. The van der Waals surface area contributed by atoms with Gasteiger partial charge in [0.15, 0.2) is 5.78 Å². The first kappa shape index (κ1) is 17.2. The summed E-state index contributed by atoms with van der Waals surface area (Å²) in [6.45, 7) is 1.46. The lowest BCUT2D eigenvalue weighted by molar-refractivity contribution is -0.114. The van der Waals surface area contributed by atoms with Crippen LogP contribution in [0.3, 0.4) is 0 Å². The van der Waals surface area contributed by atoms with E-state index in [9.17, 15) is 9.59 Å². The van der Waals surface area contributed by atoms with Crippen LogP contribution in [0.25, 0.3) is 10.2 Å². The summed E-state index contributed by atoms with van der Waals surface area (Å²) in [6, 6.07) is 6.97. The van der Waals surface area contributed by atoms with Gasteiger partial charge >= 0.3 is 0 Å². The number of thioether (sulfide) groups is 1. The van der Waals surface area contributed by atoms with Gasteiger partial charge in [0.05, 0.1) is 5.75 Å². The van der Waals surface area contributed by atoms with Gasteiger partial charge in [-0.25, -0.2) is 9.97 Å². The van der Waals surface area contributed by atoms with Crippen molar-refractivity contribution in [2.45, 2.75) is 31.2 Å². The van der Waals surface area contributed by atoms with Gasteiger partial charge in [-0.05, 0) is 49.1 Å². The molecule has 0 unspecified atom stereocenters. The number of fused-ring (bicyclic) bond motifs is 3. The van der Waals surface area contributed by atoms with Gasteiger partial charge in [0.1, 0.15) is 16.2 Å². The van der Waals surface area contributed by atoms with Gasteiger partial charge in [0.2, 0.25) is 5.91 Å². The summed E-state index contributed by atoms with van der Waals surface area (Å²) in [7, 11) is 0. The van der Waals surface area contributed by atoms with Crippen molar-refractivity contribution in [3.05, 3.63) is 46.6 Å². The first-order valence-electron chi connectivity index (χ1n) is 8.40. The number of hydrogen-bond acceptors (Lipinski definition) is 6. The molecule has 2 aromatic heterocycles. The monoisotopic (exact) mass is 383 g/mol. The minimum absolute atomic E-state index is 0.0445. The van der Waals surface area contributed by atoms with Crippen LogP contribution in [0, 0.1) is 0 Å². The summed E-state index contributed by atoms with van der Waals surface area (Å²) < 4.78 is 0. The molecule has 0 radical (unpaired) electrons.